The number of aryl methyl sites for hydroxylation is 2. The number of urea groups is 1. The normalized spacial score (nSPS) is 24.0. The molecule has 1 saturated heterocycles. The second-order valence-corrected chi connectivity index (χ2v) is 8.20. The zero-order chi connectivity index (χ0) is 18.9. The van der Waals surface area contributed by atoms with Crippen LogP contribution in [0.4, 0.5) is 10.5 Å². The van der Waals surface area contributed by atoms with Crippen LogP contribution in [-0.2, 0) is 24.1 Å². The number of carbonyl (C=O) groups excluding carboxylic acids is 1. The average molecular weight is 381 g/mol. The topological polar surface area (TPSA) is 81.1 Å². The third kappa shape index (κ3) is 3.76. The molecule has 2 N–H and O–H groups in total. The lowest BCUT2D eigenvalue weighted by Gasteiger charge is -2.21. The van der Waals surface area contributed by atoms with Crippen LogP contribution in [0, 0.1) is 5.92 Å². The third-order valence-electron chi connectivity index (χ3n) is 6.00. The van der Waals surface area contributed by atoms with Gasteiger partial charge in [0.25, 0.3) is 0 Å². The monoisotopic (exact) mass is 381 g/mol. The summed E-state index contributed by atoms with van der Waals surface area (Å²) in [4.78, 5) is 17.1. The van der Waals surface area contributed by atoms with Gasteiger partial charge in [-0.15, -0.1) is 0 Å². The summed E-state index contributed by atoms with van der Waals surface area (Å²) in [5, 5.41) is 10.5. The lowest BCUT2D eigenvalue weighted by atomic mass is 9.96. The first-order valence-electron chi connectivity index (χ1n) is 10.4. The largest absolute Gasteiger partial charge is 0.370 e. The Kier molecular flexibility index (Phi) is 4.76. The van der Waals surface area contributed by atoms with Crippen molar-refractivity contribution in [3.63, 3.8) is 0 Å². The van der Waals surface area contributed by atoms with Crippen LogP contribution >= 0.6 is 0 Å². The van der Waals surface area contributed by atoms with Crippen molar-refractivity contribution in [2.45, 2.75) is 63.6 Å². The van der Waals surface area contributed by atoms with Gasteiger partial charge in [-0.05, 0) is 68.6 Å². The molecule has 148 valence electrons. The fourth-order valence-electron chi connectivity index (χ4n) is 4.30. The van der Waals surface area contributed by atoms with Crippen molar-refractivity contribution >= 4 is 11.7 Å². The predicted molar refractivity (Wildman–Crippen MR) is 105 cm³/mol. The molecular formula is C21H27N5O2. The second-order valence-electron chi connectivity index (χ2n) is 8.20. The Morgan fingerprint density at radius 3 is 3.04 bits per heavy atom. The maximum absolute atomic E-state index is 12.6. The van der Waals surface area contributed by atoms with Gasteiger partial charge in [-0.2, -0.15) is 5.10 Å². The molecule has 7 heteroatoms. The van der Waals surface area contributed by atoms with Crippen LogP contribution < -0.4 is 10.6 Å². The fourth-order valence-corrected chi connectivity index (χ4v) is 4.30. The molecule has 0 bridgehead atoms. The highest BCUT2D eigenvalue weighted by molar-refractivity contribution is 5.89. The molecule has 2 aromatic heterocycles. The first-order chi connectivity index (χ1) is 13.8. The summed E-state index contributed by atoms with van der Waals surface area (Å²) in [7, 11) is 0. The van der Waals surface area contributed by atoms with Crippen LogP contribution in [0.5, 0.6) is 0 Å². The Labute approximate surface area is 164 Å². The molecule has 2 fully saturated rings. The van der Waals surface area contributed by atoms with Crippen LogP contribution in [0.2, 0.25) is 0 Å². The number of nitrogens with zero attached hydrogens (tertiary/aromatic N) is 3. The number of fused-ring (bicyclic) bond motifs is 1. The number of hydrogen-bond donors (Lipinski definition) is 2. The lowest BCUT2D eigenvalue weighted by Crippen LogP contribution is -2.40. The van der Waals surface area contributed by atoms with Crippen LogP contribution in [-0.4, -0.2) is 33.4 Å². The molecule has 0 spiro atoms. The van der Waals surface area contributed by atoms with E-state index in [1.54, 1.807) is 6.20 Å². The predicted octanol–water partition coefficient (Wildman–Crippen LogP) is 3.22. The first kappa shape index (κ1) is 17.7. The molecule has 2 atom stereocenters. The maximum Gasteiger partial charge on any atom is 0.319 e. The number of carbonyl (C=O) groups is 1. The van der Waals surface area contributed by atoms with Crippen molar-refractivity contribution < 1.29 is 9.53 Å². The third-order valence-corrected chi connectivity index (χ3v) is 6.00. The van der Waals surface area contributed by atoms with Gasteiger partial charge in [-0.3, -0.25) is 9.67 Å². The molecule has 0 unspecified atom stereocenters. The van der Waals surface area contributed by atoms with E-state index in [2.05, 4.69) is 26.8 Å². The Hall–Kier alpha value is -2.41. The molecule has 0 radical (unpaired) electrons. The summed E-state index contributed by atoms with van der Waals surface area (Å²) >= 11 is 0. The summed E-state index contributed by atoms with van der Waals surface area (Å²) in [5.74, 6) is 0.742. The van der Waals surface area contributed by atoms with E-state index < -0.39 is 0 Å². The molecule has 2 amide bonds. The van der Waals surface area contributed by atoms with E-state index in [1.807, 2.05) is 16.9 Å². The van der Waals surface area contributed by atoms with E-state index in [9.17, 15) is 4.79 Å². The van der Waals surface area contributed by atoms with E-state index in [-0.39, 0.29) is 18.2 Å². The van der Waals surface area contributed by atoms with Crippen molar-refractivity contribution in [2.75, 3.05) is 11.9 Å². The summed E-state index contributed by atoms with van der Waals surface area (Å²) < 4.78 is 8.01. The van der Waals surface area contributed by atoms with Gasteiger partial charge in [0.05, 0.1) is 23.6 Å². The van der Waals surface area contributed by atoms with Crippen molar-refractivity contribution in [3.8, 4) is 0 Å². The molecule has 1 saturated carbocycles. The van der Waals surface area contributed by atoms with E-state index in [0.717, 1.165) is 43.1 Å². The van der Waals surface area contributed by atoms with E-state index in [1.165, 1.54) is 36.9 Å². The van der Waals surface area contributed by atoms with Gasteiger partial charge in [0, 0.05) is 25.0 Å². The second kappa shape index (κ2) is 7.54. The van der Waals surface area contributed by atoms with Gasteiger partial charge in [0.15, 0.2) is 0 Å². The standard InChI is InChI=1S/C21H27N5O2/c27-21(24-16-11-15-3-1-2-4-17(15)22-12-16)25-18-8-10-28-20(18)19-7-9-23-26(19)13-14-5-6-14/h7,9,11-12,14,18,20H,1-6,8,10,13H2,(H2,24,25,27)/t18-,20-/m1/s1. The van der Waals surface area contributed by atoms with Crippen molar-refractivity contribution in [3.05, 3.63) is 41.5 Å². The maximum atomic E-state index is 12.6. The molecule has 2 aromatic rings. The Bertz CT molecular complexity index is 860. The number of amides is 2. The van der Waals surface area contributed by atoms with Gasteiger partial charge < -0.3 is 15.4 Å². The molecular weight excluding hydrogens is 354 g/mol. The first-order valence-corrected chi connectivity index (χ1v) is 10.4. The minimum atomic E-state index is -0.202. The summed E-state index contributed by atoms with van der Waals surface area (Å²) in [5.41, 5.74) is 4.25. The number of aromatic nitrogens is 3. The highest BCUT2D eigenvalue weighted by Gasteiger charge is 2.34. The quantitative estimate of drug-likeness (QED) is 0.833. The number of pyridine rings is 1. The van der Waals surface area contributed by atoms with Gasteiger partial charge >= 0.3 is 6.03 Å². The van der Waals surface area contributed by atoms with E-state index >= 15 is 0 Å². The minimum Gasteiger partial charge on any atom is -0.370 e. The molecule has 7 nitrogen and oxygen atoms in total. The van der Waals surface area contributed by atoms with Crippen molar-refractivity contribution in [2.24, 2.45) is 5.92 Å². The van der Waals surface area contributed by atoms with Crippen molar-refractivity contribution in [1.82, 2.24) is 20.1 Å². The molecule has 28 heavy (non-hydrogen) atoms. The van der Waals surface area contributed by atoms with Gasteiger partial charge in [-0.25, -0.2) is 4.79 Å². The molecule has 3 aliphatic rings. The smallest absolute Gasteiger partial charge is 0.319 e. The Morgan fingerprint density at radius 1 is 1.25 bits per heavy atom. The minimum absolute atomic E-state index is 0.0553. The number of rotatable bonds is 5. The fraction of sp³-hybridized carbons (Fsp3) is 0.571. The summed E-state index contributed by atoms with van der Waals surface area (Å²) in [6.07, 6.45) is 11.3. The Morgan fingerprint density at radius 2 is 2.14 bits per heavy atom. The van der Waals surface area contributed by atoms with Gasteiger partial charge in [0.2, 0.25) is 0 Å². The van der Waals surface area contributed by atoms with Gasteiger partial charge in [-0.1, -0.05) is 0 Å². The zero-order valence-corrected chi connectivity index (χ0v) is 16.1. The number of anilines is 1. The van der Waals surface area contributed by atoms with Crippen LogP contribution in [0.25, 0.3) is 0 Å². The molecule has 2 aliphatic carbocycles. The summed E-state index contributed by atoms with van der Waals surface area (Å²) in [6.45, 7) is 1.59. The molecule has 5 rings (SSSR count). The van der Waals surface area contributed by atoms with Crippen molar-refractivity contribution in [1.29, 1.82) is 0 Å². The zero-order valence-electron chi connectivity index (χ0n) is 16.1. The van der Waals surface area contributed by atoms with Crippen LogP contribution in [0.15, 0.2) is 24.5 Å². The highest BCUT2D eigenvalue weighted by Crippen LogP contribution is 2.34. The summed E-state index contributed by atoms with van der Waals surface area (Å²) in [6, 6.07) is 3.82. The van der Waals surface area contributed by atoms with E-state index in [4.69, 9.17) is 4.74 Å². The van der Waals surface area contributed by atoms with E-state index in [0.29, 0.717) is 6.61 Å². The lowest BCUT2D eigenvalue weighted by molar-refractivity contribution is 0.0926. The molecule has 0 aromatic carbocycles. The number of ether oxygens (including phenoxy) is 1. The number of nitrogens with one attached hydrogen (secondary N) is 2. The Balaban J connectivity index is 1.24. The van der Waals surface area contributed by atoms with Gasteiger partial charge in [0.1, 0.15) is 6.10 Å². The molecule has 1 aliphatic heterocycles. The SMILES string of the molecule is O=C(Nc1cnc2c(c1)CCCC2)N[C@@H]1CCO[C@H]1c1ccnn1CC1CC1. The number of hydrogen-bond acceptors (Lipinski definition) is 4. The highest BCUT2D eigenvalue weighted by atomic mass is 16.5. The van der Waals surface area contributed by atoms with Crippen LogP contribution in [0.1, 0.15) is 55.2 Å². The molecule has 3 heterocycles. The van der Waals surface area contributed by atoms with Crippen LogP contribution in [0.3, 0.4) is 0 Å². The average Bonchev–Trinajstić information content (AvgIpc) is 3.20.